The lowest BCUT2D eigenvalue weighted by Crippen LogP contribution is -2.54. The van der Waals surface area contributed by atoms with E-state index in [0.717, 1.165) is 30.4 Å². The van der Waals surface area contributed by atoms with Gasteiger partial charge in [-0.05, 0) is 63.8 Å². The van der Waals surface area contributed by atoms with Gasteiger partial charge in [-0.3, -0.25) is 0 Å². The number of piperidine rings is 1. The number of anilines is 1. The van der Waals surface area contributed by atoms with Crippen molar-refractivity contribution in [2.75, 3.05) is 5.73 Å². The second-order valence-electron chi connectivity index (χ2n) is 6.09. The third kappa shape index (κ3) is 3.39. The maximum Gasteiger partial charge on any atom is 0.253 e. The van der Waals surface area contributed by atoms with E-state index in [9.17, 15) is 8.42 Å². The Balaban J connectivity index is 2.34. The normalized spacial score (nSPS) is 24.2. The third-order valence-corrected chi connectivity index (χ3v) is 5.80. The first-order chi connectivity index (χ1) is 9.72. The molecule has 2 atom stereocenters. The maximum atomic E-state index is 12.7. The predicted molar refractivity (Wildman–Crippen MR) is 85.3 cm³/mol. The smallest absolute Gasteiger partial charge is 0.253 e. The van der Waals surface area contributed by atoms with Crippen molar-refractivity contribution < 1.29 is 8.42 Å². The van der Waals surface area contributed by atoms with Crippen molar-refractivity contribution in [3.63, 3.8) is 0 Å². The second-order valence-corrected chi connectivity index (χ2v) is 7.72. The highest BCUT2D eigenvalue weighted by atomic mass is 32.2. The molecule has 0 spiro atoms. The van der Waals surface area contributed by atoms with E-state index in [0.29, 0.717) is 5.69 Å². The minimum absolute atomic E-state index is 0.200. The SMILES string of the molecule is Cc1cc(N)cc(S(=O)(=O)NN2C(C)CCCC2C)c1C. The number of nitrogens with two attached hydrogens (primary N) is 1. The van der Waals surface area contributed by atoms with Crippen molar-refractivity contribution in [3.05, 3.63) is 23.3 Å². The summed E-state index contributed by atoms with van der Waals surface area (Å²) in [5.74, 6) is 0. The molecule has 0 aromatic heterocycles. The molecule has 1 fully saturated rings. The number of nitrogens with zero attached hydrogens (tertiary/aromatic N) is 1. The van der Waals surface area contributed by atoms with Gasteiger partial charge in [0.1, 0.15) is 0 Å². The summed E-state index contributed by atoms with van der Waals surface area (Å²) in [7, 11) is -3.61. The highest BCUT2D eigenvalue weighted by Crippen LogP contribution is 2.25. The zero-order chi connectivity index (χ0) is 15.8. The molecule has 1 saturated heterocycles. The van der Waals surface area contributed by atoms with Crippen LogP contribution < -0.4 is 10.6 Å². The number of rotatable bonds is 3. The number of hydrazine groups is 1. The highest BCUT2D eigenvalue weighted by molar-refractivity contribution is 7.89. The quantitative estimate of drug-likeness (QED) is 0.840. The van der Waals surface area contributed by atoms with Crippen LogP contribution in [-0.2, 0) is 10.0 Å². The minimum atomic E-state index is -3.61. The van der Waals surface area contributed by atoms with E-state index in [-0.39, 0.29) is 17.0 Å². The Kier molecular flexibility index (Phi) is 4.60. The van der Waals surface area contributed by atoms with Crippen LogP contribution in [0.3, 0.4) is 0 Å². The standard InChI is InChI=1S/C15H25N3O2S/c1-10-8-14(16)9-15(13(10)4)21(19,20)17-18-11(2)6-5-7-12(18)3/h8-9,11-12,17H,5-7,16H2,1-4H3. The largest absolute Gasteiger partial charge is 0.399 e. The van der Waals surface area contributed by atoms with E-state index in [4.69, 9.17) is 5.73 Å². The van der Waals surface area contributed by atoms with Crippen molar-refractivity contribution >= 4 is 15.7 Å². The first-order valence-corrected chi connectivity index (χ1v) is 8.88. The number of nitrogens with one attached hydrogen (secondary N) is 1. The van der Waals surface area contributed by atoms with Crippen LogP contribution in [0.15, 0.2) is 17.0 Å². The number of hydrogen-bond donors (Lipinski definition) is 2. The number of hydrogen-bond acceptors (Lipinski definition) is 4. The van der Waals surface area contributed by atoms with Crippen molar-refractivity contribution in [1.82, 2.24) is 9.84 Å². The van der Waals surface area contributed by atoms with Crippen LogP contribution in [0, 0.1) is 13.8 Å². The summed E-state index contributed by atoms with van der Waals surface area (Å²) in [5, 5.41) is 1.86. The molecule has 1 aliphatic rings. The average Bonchev–Trinajstić information content (AvgIpc) is 2.38. The van der Waals surface area contributed by atoms with Crippen LogP contribution in [0.5, 0.6) is 0 Å². The van der Waals surface area contributed by atoms with Gasteiger partial charge < -0.3 is 5.73 Å². The van der Waals surface area contributed by atoms with Gasteiger partial charge in [0.2, 0.25) is 0 Å². The molecular formula is C15H25N3O2S. The number of sulfonamides is 1. The van der Waals surface area contributed by atoms with Gasteiger partial charge in [-0.25, -0.2) is 13.4 Å². The Morgan fingerprint density at radius 1 is 1.19 bits per heavy atom. The molecule has 2 rings (SSSR count). The molecule has 6 heteroatoms. The van der Waals surface area contributed by atoms with E-state index in [1.807, 2.05) is 18.9 Å². The average molecular weight is 311 g/mol. The molecule has 118 valence electrons. The zero-order valence-corrected chi connectivity index (χ0v) is 14.0. The van der Waals surface area contributed by atoms with Crippen LogP contribution in [-0.4, -0.2) is 25.5 Å². The Bertz CT molecular complexity index is 618. The maximum absolute atomic E-state index is 12.7. The minimum Gasteiger partial charge on any atom is -0.399 e. The van der Waals surface area contributed by atoms with E-state index in [1.54, 1.807) is 6.07 Å². The molecule has 1 heterocycles. The van der Waals surface area contributed by atoms with Crippen LogP contribution in [0.25, 0.3) is 0 Å². The molecule has 1 aliphatic heterocycles. The molecule has 21 heavy (non-hydrogen) atoms. The molecule has 1 aromatic rings. The predicted octanol–water partition coefficient (Wildman–Crippen LogP) is 2.34. The molecule has 0 radical (unpaired) electrons. The fraction of sp³-hybridized carbons (Fsp3) is 0.600. The number of aryl methyl sites for hydroxylation is 1. The molecule has 3 N–H and O–H groups in total. The summed E-state index contributed by atoms with van der Waals surface area (Å²) in [5.41, 5.74) is 7.91. The lowest BCUT2D eigenvalue weighted by Gasteiger charge is -2.38. The molecule has 0 saturated carbocycles. The Morgan fingerprint density at radius 3 is 2.33 bits per heavy atom. The molecule has 0 amide bonds. The van der Waals surface area contributed by atoms with Gasteiger partial charge in [0.15, 0.2) is 0 Å². The summed E-state index contributed by atoms with van der Waals surface area (Å²) < 4.78 is 25.4. The summed E-state index contributed by atoms with van der Waals surface area (Å²) in [6.07, 6.45) is 3.14. The van der Waals surface area contributed by atoms with Crippen molar-refractivity contribution in [2.45, 2.75) is 63.9 Å². The van der Waals surface area contributed by atoms with Crippen molar-refractivity contribution in [1.29, 1.82) is 0 Å². The number of nitrogen functional groups attached to an aromatic ring is 1. The molecule has 1 aromatic carbocycles. The molecule has 5 nitrogen and oxygen atoms in total. The van der Waals surface area contributed by atoms with E-state index in [1.165, 1.54) is 6.07 Å². The number of benzene rings is 1. The van der Waals surface area contributed by atoms with E-state index >= 15 is 0 Å². The van der Waals surface area contributed by atoms with Gasteiger partial charge >= 0.3 is 0 Å². The van der Waals surface area contributed by atoms with Gasteiger partial charge in [0.25, 0.3) is 10.0 Å². The van der Waals surface area contributed by atoms with Gasteiger partial charge in [-0.2, -0.15) is 0 Å². The third-order valence-electron chi connectivity index (χ3n) is 4.35. The molecule has 0 aliphatic carbocycles. The summed E-state index contributed by atoms with van der Waals surface area (Å²) in [6.45, 7) is 7.79. The summed E-state index contributed by atoms with van der Waals surface area (Å²) in [6, 6.07) is 3.72. The second kappa shape index (κ2) is 5.94. The van der Waals surface area contributed by atoms with Gasteiger partial charge in [-0.1, -0.05) is 6.42 Å². The monoisotopic (exact) mass is 311 g/mol. The Hall–Kier alpha value is -1.11. The Labute approximate surface area is 127 Å². The molecule has 2 unspecified atom stereocenters. The van der Waals surface area contributed by atoms with Gasteiger partial charge in [0, 0.05) is 17.8 Å². The molecule has 0 bridgehead atoms. The van der Waals surface area contributed by atoms with E-state index < -0.39 is 10.0 Å². The highest BCUT2D eigenvalue weighted by Gasteiger charge is 2.30. The summed E-state index contributed by atoms with van der Waals surface area (Å²) in [4.78, 5) is 3.02. The van der Waals surface area contributed by atoms with Crippen LogP contribution in [0.2, 0.25) is 0 Å². The Morgan fingerprint density at radius 2 is 1.76 bits per heavy atom. The zero-order valence-electron chi connectivity index (χ0n) is 13.2. The van der Waals surface area contributed by atoms with Crippen LogP contribution in [0.1, 0.15) is 44.2 Å². The van der Waals surface area contributed by atoms with Gasteiger partial charge in [-0.15, -0.1) is 4.83 Å². The summed E-state index contributed by atoms with van der Waals surface area (Å²) >= 11 is 0. The fourth-order valence-corrected chi connectivity index (χ4v) is 4.51. The fourth-order valence-electron chi connectivity index (χ4n) is 2.92. The van der Waals surface area contributed by atoms with E-state index in [2.05, 4.69) is 18.7 Å². The lowest BCUT2D eigenvalue weighted by molar-refractivity contribution is 0.0790. The van der Waals surface area contributed by atoms with Crippen LogP contribution in [0.4, 0.5) is 5.69 Å². The van der Waals surface area contributed by atoms with Crippen LogP contribution >= 0.6 is 0 Å². The van der Waals surface area contributed by atoms with Gasteiger partial charge in [0.05, 0.1) is 4.90 Å². The van der Waals surface area contributed by atoms with Crippen molar-refractivity contribution in [3.8, 4) is 0 Å². The lowest BCUT2D eigenvalue weighted by atomic mass is 10.0. The first-order valence-electron chi connectivity index (χ1n) is 7.40. The first kappa shape index (κ1) is 16.3. The molecular weight excluding hydrogens is 286 g/mol. The van der Waals surface area contributed by atoms with Crippen molar-refractivity contribution in [2.24, 2.45) is 0 Å². The topological polar surface area (TPSA) is 75.4 Å².